The first-order valence-electron chi connectivity index (χ1n) is 9.71. The lowest BCUT2D eigenvalue weighted by atomic mass is 10.1. The highest BCUT2D eigenvalue weighted by molar-refractivity contribution is 7.89. The van der Waals surface area contributed by atoms with Crippen molar-refractivity contribution >= 4 is 44.5 Å². The number of benzene rings is 3. The Bertz CT molecular complexity index is 1320. The molecule has 162 valence electrons. The van der Waals surface area contributed by atoms with Crippen LogP contribution in [0.25, 0.3) is 11.3 Å². The summed E-state index contributed by atoms with van der Waals surface area (Å²) in [7, 11) is -1.94. The van der Waals surface area contributed by atoms with Crippen LogP contribution in [0.15, 0.2) is 95.9 Å². The van der Waals surface area contributed by atoms with E-state index in [0.29, 0.717) is 16.6 Å². The molecule has 9 heteroatoms. The second-order valence-electron chi connectivity index (χ2n) is 7.06. The second kappa shape index (κ2) is 8.91. The van der Waals surface area contributed by atoms with Crippen LogP contribution in [0.1, 0.15) is 0 Å². The van der Waals surface area contributed by atoms with Gasteiger partial charge in [-0.2, -0.15) is 5.10 Å². The Hall–Kier alpha value is -3.53. The molecule has 4 aromatic rings. The lowest BCUT2D eigenvalue weighted by Crippen LogP contribution is -2.38. The van der Waals surface area contributed by atoms with Crippen LogP contribution in [0.2, 0.25) is 0 Å². The van der Waals surface area contributed by atoms with Gasteiger partial charge in [0.2, 0.25) is 10.0 Å². The van der Waals surface area contributed by atoms with Gasteiger partial charge < -0.3 is 4.90 Å². The van der Waals surface area contributed by atoms with Gasteiger partial charge in [0.25, 0.3) is 0 Å². The molecule has 7 nitrogen and oxygen atoms in total. The number of primary sulfonamides is 1. The van der Waals surface area contributed by atoms with Crippen molar-refractivity contribution < 1.29 is 8.42 Å². The van der Waals surface area contributed by atoms with Crippen molar-refractivity contribution in [1.29, 1.82) is 0 Å². The molecule has 1 aromatic heterocycles. The van der Waals surface area contributed by atoms with Crippen LogP contribution in [0.3, 0.4) is 0 Å². The van der Waals surface area contributed by atoms with Crippen LogP contribution < -0.4 is 14.9 Å². The normalized spacial score (nSPS) is 11.2. The van der Waals surface area contributed by atoms with Gasteiger partial charge in [0.1, 0.15) is 0 Å². The summed E-state index contributed by atoms with van der Waals surface area (Å²) in [6, 6.07) is 27.6. The van der Waals surface area contributed by atoms with E-state index in [1.165, 1.54) is 12.1 Å². The van der Waals surface area contributed by atoms with Crippen molar-refractivity contribution in [3.63, 3.8) is 0 Å². The van der Waals surface area contributed by atoms with Crippen molar-refractivity contribution in [2.24, 2.45) is 5.14 Å². The minimum Gasteiger partial charge on any atom is -0.321 e. The molecule has 0 spiro atoms. The van der Waals surface area contributed by atoms with E-state index in [0.717, 1.165) is 16.9 Å². The number of nitrogens with two attached hydrogens (primary N) is 1. The molecule has 0 aliphatic rings. The van der Waals surface area contributed by atoms with Crippen LogP contribution >= 0.6 is 12.2 Å². The second-order valence-corrected chi connectivity index (χ2v) is 8.98. The summed E-state index contributed by atoms with van der Waals surface area (Å²) in [6.07, 6.45) is 0. The van der Waals surface area contributed by atoms with E-state index in [-0.39, 0.29) is 4.90 Å². The number of thiocarbonyl (C=S) groups is 1. The maximum Gasteiger partial charge on any atom is 0.238 e. The molecule has 0 atom stereocenters. The van der Waals surface area contributed by atoms with E-state index in [4.69, 9.17) is 17.4 Å². The molecule has 0 unspecified atom stereocenters. The fourth-order valence-electron chi connectivity index (χ4n) is 3.23. The van der Waals surface area contributed by atoms with Gasteiger partial charge in [0.05, 0.1) is 10.6 Å². The number of hydrogen-bond acceptors (Lipinski definition) is 4. The van der Waals surface area contributed by atoms with Gasteiger partial charge in [0.15, 0.2) is 10.9 Å². The van der Waals surface area contributed by atoms with Crippen LogP contribution in [0.5, 0.6) is 0 Å². The Morgan fingerprint density at radius 2 is 1.50 bits per heavy atom. The Kier molecular flexibility index (Phi) is 6.04. The first-order valence-corrected chi connectivity index (χ1v) is 11.7. The molecule has 32 heavy (non-hydrogen) atoms. The molecule has 0 saturated heterocycles. The number of nitrogens with zero attached hydrogens (tertiary/aromatic N) is 3. The molecule has 0 aliphatic heterocycles. The molecule has 4 rings (SSSR count). The Balaban J connectivity index is 1.76. The molecule has 0 bridgehead atoms. The van der Waals surface area contributed by atoms with Crippen molar-refractivity contribution in [2.75, 3.05) is 16.8 Å². The van der Waals surface area contributed by atoms with Crippen molar-refractivity contribution in [1.82, 2.24) is 10.2 Å². The number of aromatic nitrogens is 2. The standard InChI is InChI=1S/C23H21N5O2S2/c1-27(18-10-6-3-7-11-18)23(31)28(19-12-14-20(15-13-19)32(24,29)30)22-16-21(25-26-22)17-8-4-2-5-9-17/h2-16H,1H3,(H,25,26)(H2,24,29,30). The number of anilines is 3. The van der Waals surface area contributed by atoms with Crippen LogP contribution in [-0.4, -0.2) is 30.8 Å². The van der Waals surface area contributed by atoms with E-state index < -0.39 is 10.0 Å². The lowest BCUT2D eigenvalue weighted by molar-refractivity contribution is 0.598. The van der Waals surface area contributed by atoms with Crippen molar-refractivity contribution in [2.45, 2.75) is 4.90 Å². The lowest BCUT2D eigenvalue weighted by Gasteiger charge is -2.30. The largest absolute Gasteiger partial charge is 0.321 e. The van der Waals surface area contributed by atoms with E-state index >= 15 is 0 Å². The van der Waals surface area contributed by atoms with Gasteiger partial charge in [0, 0.05) is 24.5 Å². The highest BCUT2D eigenvalue weighted by Crippen LogP contribution is 2.30. The van der Waals surface area contributed by atoms with Gasteiger partial charge in [-0.3, -0.25) is 10.00 Å². The molecule has 0 radical (unpaired) electrons. The van der Waals surface area contributed by atoms with Crippen LogP contribution in [0, 0.1) is 0 Å². The summed E-state index contributed by atoms with van der Waals surface area (Å²) < 4.78 is 23.4. The first-order chi connectivity index (χ1) is 15.3. The highest BCUT2D eigenvalue weighted by Gasteiger charge is 2.22. The number of rotatable bonds is 5. The minimum atomic E-state index is -3.80. The zero-order chi connectivity index (χ0) is 22.7. The van der Waals surface area contributed by atoms with Gasteiger partial charge in [-0.25, -0.2) is 13.6 Å². The quantitative estimate of drug-likeness (QED) is 0.429. The third-order valence-corrected chi connectivity index (χ3v) is 6.31. The van der Waals surface area contributed by atoms with E-state index in [1.807, 2.05) is 78.7 Å². The highest BCUT2D eigenvalue weighted by atomic mass is 32.2. The third kappa shape index (κ3) is 4.54. The molecule has 0 amide bonds. The number of sulfonamides is 1. The zero-order valence-electron chi connectivity index (χ0n) is 17.2. The molecular formula is C23H21N5O2S2. The SMILES string of the molecule is CN(C(=S)N(c1ccc(S(N)(=O)=O)cc1)c1cc(-c2ccccc2)[nH]n1)c1ccccc1. The average Bonchev–Trinajstić information content (AvgIpc) is 3.29. The fraction of sp³-hybridized carbons (Fsp3) is 0.0435. The molecule has 0 fully saturated rings. The van der Waals surface area contributed by atoms with Gasteiger partial charge >= 0.3 is 0 Å². The number of H-pyrrole nitrogens is 1. The molecule has 3 aromatic carbocycles. The number of para-hydroxylation sites is 1. The monoisotopic (exact) mass is 463 g/mol. The van der Waals surface area contributed by atoms with Gasteiger partial charge in [-0.05, 0) is 54.2 Å². The Labute approximate surface area is 192 Å². The summed E-state index contributed by atoms with van der Waals surface area (Å²) in [5, 5.41) is 13.3. The fourth-order valence-corrected chi connectivity index (χ4v) is 4.05. The third-order valence-electron chi connectivity index (χ3n) is 4.92. The minimum absolute atomic E-state index is 0.0236. The van der Waals surface area contributed by atoms with E-state index in [9.17, 15) is 8.42 Å². The summed E-state index contributed by atoms with van der Waals surface area (Å²) in [4.78, 5) is 3.66. The molecule has 1 heterocycles. The molecule has 0 aliphatic carbocycles. The van der Waals surface area contributed by atoms with E-state index in [2.05, 4.69) is 10.2 Å². The predicted octanol–water partition coefficient (Wildman–Crippen LogP) is 4.28. The Morgan fingerprint density at radius 1 is 0.906 bits per heavy atom. The number of aromatic amines is 1. The maximum absolute atomic E-state index is 11.7. The topological polar surface area (TPSA) is 95.3 Å². The smallest absolute Gasteiger partial charge is 0.238 e. The molecule has 3 N–H and O–H groups in total. The number of nitrogens with one attached hydrogen (secondary N) is 1. The predicted molar refractivity (Wildman–Crippen MR) is 131 cm³/mol. The summed E-state index contributed by atoms with van der Waals surface area (Å²) >= 11 is 5.83. The van der Waals surface area contributed by atoms with E-state index in [1.54, 1.807) is 17.0 Å². The number of hydrogen-bond donors (Lipinski definition) is 2. The van der Waals surface area contributed by atoms with Crippen molar-refractivity contribution in [3.8, 4) is 11.3 Å². The zero-order valence-corrected chi connectivity index (χ0v) is 18.8. The average molecular weight is 464 g/mol. The molecular weight excluding hydrogens is 442 g/mol. The summed E-state index contributed by atoms with van der Waals surface area (Å²) in [5.74, 6) is 0.569. The van der Waals surface area contributed by atoms with Crippen LogP contribution in [0.4, 0.5) is 17.2 Å². The van der Waals surface area contributed by atoms with Gasteiger partial charge in [-0.1, -0.05) is 48.5 Å². The van der Waals surface area contributed by atoms with Crippen LogP contribution in [-0.2, 0) is 10.0 Å². The summed E-state index contributed by atoms with van der Waals surface area (Å²) in [6.45, 7) is 0. The maximum atomic E-state index is 11.7. The Morgan fingerprint density at radius 3 is 2.09 bits per heavy atom. The molecule has 0 saturated carbocycles. The van der Waals surface area contributed by atoms with Gasteiger partial charge in [-0.15, -0.1) is 0 Å². The van der Waals surface area contributed by atoms with Crippen molar-refractivity contribution in [3.05, 3.63) is 91.0 Å². The first kappa shape index (κ1) is 21.7. The summed E-state index contributed by atoms with van der Waals surface area (Å²) in [5.41, 5.74) is 3.37.